The average Bonchev–Trinajstić information content (AvgIpc) is 2.35. The second-order valence-electron chi connectivity index (χ2n) is 4.20. The van der Waals surface area contributed by atoms with E-state index in [1.165, 1.54) is 0 Å². The summed E-state index contributed by atoms with van der Waals surface area (Å²) in [7, 11) is 3.64. The number of primary amides is 1. The number of hydrogen-bond donors (Lipinski definition) is 3. The maximum atomic E-state index is 11.1. The zero-order valence-electron chi connectivity index (χ0n) is 12.6. The van der Waals surface area contributed by atoms with E-state index in [1.54, 1.807) is 4.90 Å². The Hall–Kier alpha value is -1.14. The van der Waals surface area contributed by atoms with E-state index in [0.717, 1.165) is 12.8 Å². The third-order valence-corrected chi connectivity index (χ3v) is 2.52. The molecule has 6 nitrogen and oxygen atoms in total. The van der Waals surface area contributed by atoms with Crippen LogP contribution in [0.15, 0.2) is 0 Å². The lowest BCUT2D eigenvalue weighted by atomic mass is 10.1. The van der Waals surface area contributed by atoms with Gasteiger partial charge in [0, 0.05) is 13.0 Å². The van der Waals surface area contributed by atoms with Crippen molar-refractivity contribution in [3.8, 4) is 0 Å². The van der Waals surface area contributed by atoms with Crippen LogP contribution in [-0.2, 0) is 9.59 Å². The molecule has 0 saturated carbocycles. The Morgan fingerprint density at radius 3 is 2.26 bits per heavy atom. The van der Waals surface area contributed by atoms with E-state index in [0.29, 0.717) is 13.0 Å². The van der Waals surface area contributed by atoms with Crippen LogP contribution in [0.5, 0.6) is 0 Å². The molecule has 0 spiro atoms. The summed E-state index contributed by atoms with van der Waals surface area (Å²) in [5.74, 6) is -0.467. The molecule has 0 aliphatic carbocycles. The smallest absolute Gasteiger partial charge is 0.234 e. The van der Waals surface area contributed by atoms with Gasteiger partial charge in [-0.1, -0.05) is 13.8 Å². The van der Waals surface area contributed by atoms with E-state index >= 15 is 0 Å². The number of nitrogens with two attached hydrogens (primary N) is 1. The third-order valence-electron chi connectivity index (χ3n) is 2.52. The van der Waals surface area contributed by atoms with E-state index in [-0.39, 0.29) is 30.9 Å². The first-order chi connectivity index (χ1) is 8.99. The Balaban J connectivity index is 0. The first kappa shape index (κ1) is 20.2. The van der Waals surface area contributed by atoms with Gasteiger partial charge in [0.25, 0.3) is 0 Å². The molecule has 0 aliphatic heterocycles. The van der Waals surface area contributed by atoms with Gasteiger partial charge in [0.1, 0.15) is 0 Å². The number of carbonyl (C=O) groups excluding carboxylic acids is 2. The van der Waals surface area contributed by atoms with Crippen molar-refractivity contribution in [1.82, 2.24) is 10.2 Å². The van der Waals surface area contributed by atoms with Crippen molar-refractivity contribution >= 4 is 11.8 Å². The van der Waals surface area contributed by atoms with Gasteiger partial charge in [-0.2, -0.15) is 0 Å². The topological polar surface area (TPSA) is 95.7 Å². The van der Waals surface area contributed by atoms with Gasteiger partial charge in [0.05, 0.1) is 12.6 Å². The predicted octanol–water partition coefficient (Wildman–Crippen LogP) is 0.0970. The second kappa shape index (κ2) is 13.3. The van der Waals surface area contributed by atoms with E-state index < -0.39 is 0 Å². The van der Waals surface area contributed by atoms with Gasteiger partial charge in [-0.25, -0.2) is 0 Å². The Morgan fingerprint density at radius 1 is 1.26 bits per heavy atom. The molecule has 4 N–H and O–H groups in total. The summed E-state index contributed by atoms with van der Waals surface area (Å²) in [5.41, 5.74) is 5.26. The molecule has 0 rings (SSSR count). The van der Waals surface area contributed by atoms with Crippen LogP contribution in [0.25, 0.3) is 0 Å². The summed E-state index contributed by atoms with van der Waals surface area (Å²) in [6.07, 6.45) is 2.46. The highest BCUT2D eigenvalue weighted by atomic mass is 16.3. The van der Waals surface area contributed by atoms with Crippen molar-refractivity contribution < 1.29 is 14.7 Å². The normalized spacial score (nSPS) is 11.5. The highest BCUT2D eigenvalue weighted by molar-refractivity contribution is 5.79. The molecule has 2 amide bonds. The standard InChI is InChI=1S/C11H23N3O3.C2H6/c1-14(2)9(11(12)17)5-3-4-7-13-10(16)6-8-15;1-2/h9,15H,3-8H2,1-2H3,(H2,12,17)(H,13,16);1-2H3. The molecule has 0 heterocycles. The minimum absolute atomic E-state index is 0.129. The number of hydrogen-bond acceptors (Lipinski definition) is 4. The number of rotatable bonds is 9. The summed E-state index contributed by atoms with van der Waals surface area (Å²) in [5, 5.41) is 11.2. The average molecular weight is 275 g/mol. The van der Waals surface area contributed by atoms with Crippen molar-refractivity contribution in [1.29, 1.82) is 0 Å². The largest absolute Gasteiger partial charge is 0.396 e. The molecular weight excluding hydrogens is 246 g/mol. The summed E-state index contributed by atoms with van der Waals surface area (Å²) >= 11 is 0. The fourth-order valence-corrected chi connectivity index (χ4v) is 1.54. The molecule has 0 aliphatic rings. The molecule has 6 heteroatoms. The number of likely N-dealkylation sites (N-methyl/N-ethyl adjacent to an activating group) is 1. The van der Waals surface area contributed by atoms with Gasteiger partial charge in [-0.3, -0.25) is 14.5 Å². The number of aliphatic hydroxyl groups is 1. The molecule has 0 aromatic carbocycles. The van der Waals surface area contributed by atoms with Crippen LogP contribution < -0.4 is 11.1 Å². The Labute approximate surface area is 116 Å². The lowest BCUT2D eigenvalue weighted by Gasteiger charge is -2.20. The van der Waals surface area contributed by atoms with Crippen molar-refractivity contribution in [2.24, 2.45) is 5.73 Å². The van der Waals surface area contributed by atoms with Gasteiger partial charge < -0.3 is 16.2 Å². The minimum Gasteiger partial charge on any atom is -0.396 e. The SMILES string of the molecule is CC.CN(C)C(CCCCNC(=O)CCO)C(N)=O. The van der Waals surface area contributed by atoms with Crippen LogP contribution in [0.1, 0.15) is 39.5 Å². The molecule has 0 aromatic rings. The predicted molar refractivity (Wildman–Crippen MR) is 76.6 cm³/mol. The quantitative estimate of drug-likeness (QED) is 0.520. The maximum Gasteiger partial charge on any atom is 0.234 e. The molecule has 0 fully saturated rings. The van der Waals surface area contributed by atoms with Crippen molar-refractivity contribution in [3.05, 3.63) is 0 Å². The Kier molecular flexibility index (Phi) is 14.1. The molecule has 114 valence electrons. The molecule has 0 radical (unpaired) electrons. The highest BCUT2D eigenvalue weighted by Gasteiger charge is 2.16. The molecule has 0 aromatic heterocycles. The van der Waals surface area contributed by atoms with Gasteiger partial charge >= 0.3 is 0 Å². The Morgan fingerprint density at radius 2 is 1.84 bits per heavy atom. The van der Waals surface area contributed by atoms with Gasteiger partial charge in [-0.05, 0) is 33.4 Å². The van der Waals surface area contributed by atoms with Crippen LogP contribution in [0.3, 0.4) is 0 Å². The molecular formula is C13H29N3O3. The maximum absolute atomic E-state index is 11.1. The second-order valence-corrected chi connectivity index (χ2v) is 4.20. The lowest BCUT2D eigenvalue weighted by molar-refractivity contribution is -0.123. The summed E-state index contributed by atoms with van der Waals surface area (Å²) in [6, 6.07) is -0.247. The molecule has 0 bridgehead atoms. The molecule has 1 unspecified atom stereocenters. The number of amides is 2. The number of aliphatic hydroxyl groups excluding tert-OH is 1. The van der Waals surface area contributed by atoms with Gasteiger partial charge in [-0.15, -0.1) is 0 Å². The molecule has 19 heavy (non-hydrogen) atoms. The fraction of sp³-hybridized carbons (Fsp3) is 0.846. The molecule has 1 atom stereocenters. The number of carbonyl (C=O) groups is 2. The zero-order chi connectivity index (χ0) is 15.3. The summed E-state index contributed by atoms with van der Waals surface area (Å²) < 4.78 is 0. The van der Waals surface area contributed by atoms with E-state index in [9.17, 15) is 9.59 Å². The van der Waals surface area contributed by atoms with Crippen LogP contribution in [0.2, 0.25) is 0 Å². The fourth-order valence-electron chi connectivity index (χ4n) is 1.54. The van der Waals surface area contributed by atoms with E-state index in [2.05, 4.69) is 5.32 Å². The van der Waals surface area contributed by atoms with Crippen LogP contribution in [0.4, 0.5) is 0 Å². The van der Waals surface area contributed by atoms with E-state index in [1.807, 2.05) is 27.9 Å². The summed E-state index contributed by atoms with van der Waals surface area (Å²) in [6.45, 7) is 4.44. The number of nitrogens with one attached hydrogen (secondary N) is 1. The van der Waals surface area contributed by atoms with Crippen molar-refractivity contribution in [3.63, 3.8) is 0 Å². The monoisotopic (exact) mass is 275 g/mol. The molecule has 0 saturated heterocycles. The summed E-state index contributed by atoms with van der Waals surface area (Å²) in [4.78, 5) is 23.9. The van der Waals surface area contributed by atoms with Gasteiger partial charge in [0.15, 0.2) is 0 Å². The number of nitrogens with zero attached hydrogens (tertiary/aromatic N) is 1. The first-order valence-electron chi connectivity index (χ1n) is 6.82. The van der Waals surface area contributed by atoms with Gasteiger partial charge in [0.2, 0.25) is 11.8 Å². The van der Waals surface area contributed by atoms with E-state index in [4.69, 9.17) is 10.8 Å². The lowest BCUT2D eigenvalue weighted by Crippen LogP contribution is -2.40. The highest BCUT2D eigenvalue weighted by Crippen LogP contribution is 2.04. The zero-order valence-corrected chi connectivity index (χ0v) is 12.6. The van der Waals surface area contributed by atoms with Crippen LogP contribution in [-0.4, -0.2) is 55.1 Å². The van der Waals surface area contributed by atoms with Crippen LogP contribution in [0, 0.1) is 0 Å². The Bertz CT molecular complexity index is 245. The third kappa shape index (κ3) is 11.7. The first-order valence-corrected chi connectivity index (χ1v) is 6.82. The van der Waals surface area contributed by atoms with Crippen LogP contribution >= 0.6 is 0 Å². The minimum atomic E-state index is -0.320. The van der Waals surface area contributed by atoms with Crippen molar-refractivity contribution in [2.75, 3.05) is 27.2 Å². The van der Waals surface area contributed by atoms with Crippen molar-refractivity contribution in [2.45, 2.75) is 45.6 Å². The number of unbranched alkanes of at least 4 members (excludes halogenated alkanes) is 1.